The normalized spacial score (nSPS) is 12.8. The standard InChI is InChI=1S/C15H9BrClFS/c16-14-8-7-13(19-14)15(17)11-5-6-12(18)10-4-2-1-3-9(10)11/h1-8,15H. The summed E-state index contributed by atoms with van der Waals surface area (Å²) in [5.74, 6) is -0.212. The van der Waals surface area contributed by atoms with Gasteiger partial charge in [-0.15, -0.1) is 22.9 Å². The van der Waals surface area contributed by atoms with Crippen LogP contribution in [0.2, 0.25) is 0 Å². The highest BCUT2D eigenvalue weighted by molar-refractivity contribution is 9.11. The van der Waals surface area contributed by atoms with Crippen LogP contribution in [0.4, 0.5) is 4.39 Å². The lowest BCUT2D eigenvalue weighted by atomic mass is 10.0. The number of fused-ring (bicyclic) bond motifs is 1. The minimum atomic E-state index is -0.262. The van der Waals surface area contributed by atoms with E-state index in [0.29, 0.717) is 5.39 Å². The molecule has 0 saturated carbocycles. The number of rotatable bonds is 2. The number of benzene rings is 2. The molecule has 2 aromatic carbocycles. The lowest BCUT2D eigenvalue weighted by molar-refractivity contribution is 0.639. The first-order valence-electron chi connectivity index (χ1n) is 5.73. The first-order chi connectivity index (χ1) is 9.16. The predicted molar refractivity (Wildman–Crippen MR) is 83.6 cm³/mol. The van der Waals surface area contributed by atoms with E-state index in [1.54, 1.807) is 23.5 Å². The first kappa shape index (κ1) is 13.1. The quantitative estimate of drug-likeness (QED) is 0.485. The molecule has 1 atom stereocenters. The fourth-order valence-electron chi connectivity index (χ4n) is 2.12. The van der Waals surface area contributed by atoms with Crippen LogP contribution in [0.25, 0.3) is 10.8 Å². The van der Waals surface area contributed by atoms with Crippen molar-refractivity contribution < 1.29 is 4.39 Å². The van der Waals surface area contributed by atoms with E-state index in [-0.39, 0.29) is 11.2 Å². The number of hydrogen-bond donors (Lipinski definition) is 0. The number of halogens is 3. The molecule has 1 aromatic heterocycles. The largest absolute Gasteiger partial charge is 0.206 e. The van der Waals surface area contributed by atoms with E-state index in [1.807, 2.05) is 30.3 Å². The van der Waals surface area contributed by atoms with Gasteiger partial charge in [-0.25, -0.2) is 4.39 Å². The van der Waals surface area contributed by atoms with Gasteiger partial charge in [0.2, 0.25) is 0 Å². The van der Waals surface area contributed by atoms with Crippen LogP contribution in [0.3, 0.4) is 0 Å². The SMILES string of the molecule is Fc1ccc(C(Cl)c2ccc(Br)s2)c2ccccc12. The van der Waals surface area contributed by atoms with Crippen molar-refractivity contribution in [3.8, 4) is 0 Å². The number of thiophene rings is 1. The third-order valence-corrected chi connectivity index (χ3v) is 5.31. The summed E-state index contributed by atoms with van der Waals surface area (Å²) in [6.07, 6.45) is 0. The molecular formula is C15H9BrClFS. The molecule has 0 aliphatic carbocycles. The second-order valence-electron chi connectivity index (χ2n) is 4.19. The summed E-state index contributed by atoms with van der Waals surface area (Å²) in [5, 5.41) is 1.22. The zero-order chi connectivity index (χ0) is 13.4. The van der Waals surface area contributed by atoms with Crippen molar-refractivity contribution >= 4 is 49.6 Å². The van der Waals surface area contributed by atoms with Crippen molar-refractivity contribution in [3.05, 3.63) is 68.6 Å². The van der Waals surface area contributed by atoms with E-state index in [4.69, 9.17) is 11.6 Å². The first-order valence-corrected chi connectivity index (χ1v) is 7.78. The van der Waals surface area contributed by atoms with Gasteiger partial charge >= 0.3 is 0 Å². The van der Waals surface area contributed by atoms with Gasteiger partial charge in [0.15, 0.2) is 0 Å². The molecule has 19 heavy (non-hydrogen) atoms. The average molecular weight is 356 g/mol. The van der Waals surface area contributed by atoms with E-state index in [9.17, 15) is 4.39 Å². The minimum Gasteiger partial charge on any atom is -0.206 e. The molecule has 3 aromatic rings. The van der Waals surface area contributed by atoms with Crippen LogP contribution in [0.15, 0.2) is 52.3 Å². The molecule has 0 radical (unpaired) electrons. The fraction of sp³-hybridized carbons (Fsp3) is 0.0667. The van der Waals surface area contributed by atoms with Crippen molar-refractivity contribution in [3.63, 3.8) is 0 Å². The second-order valence-corrected chi connectivity index (χ2v) is 7.12. The summed E-state index contributed by atoms with van der Waals surface area (Å²) in [6.45, 7) is 0. The summed E-state index contributed by atoms with van der Waals surface area (Å²) >= 11 is 11.6. The monoisotopic (exact) mass is 354 g/mol. The molecule has 0 fully saturated rings. The van der Waals surface area contributed by atoms with Gasteiger partial charge in [0, 0.05) is 10.3 Å². The molecule has 0 saturated heterocycles. The molecule has 1 heterocycles. The van der Waals surface area contributed by atoms with Crippen molar-refractivity contribution in [2.24, 2.45) is 0 Å². The molecule has 0 aliphatic heterocycles. The highest BCUT2D eigenvalue weighted by atomic mass is 79.9. The lowest BCUT2D eigenvalue weighted by Gasteiger charge is -2.12. The van der Waals surface area contributed by atoms with Crippen LogP contribution in [0.1, 0.15) is 15.8 Å². The molecule has 0 bridgehead atoms. The Morgan fingerprint density at radius 1 is 1.00 bits per heavy atom. The molecule has 4 heteroatoms. The van der Waals surface area contributed by atoms with Crippen molar-refractivity contribution in [1.29, 1.82) is 0 Å². The van der Waals surface area contributed by atoms with Gasteiger partial charge < -0.3 is 0 Å². The Labute approximate surface area is 128 Å². The minimum absolute atomic E-state index is 0.212. The van der Waals surface area contributed by atoms with Gasteiger partial charge in [-0.05, 0) is 45.1 Å². The lowest BCUT2D eigenvalue weighted by Crippen LogP contribution is -1.93. The average Bonchev–Trinajstić information content (AvgIpc) is 2.86. The van der Waals surface area contributed by atoms with Crippen LogP contribution >= 0.6 is 38.9 Å². The summed E-state index contributed by atoms with van der Waals surface area (Å²) < 4.78 is 14.8. The Morgan fingerprint density at radius 2 is 1.74 bits per heavy atom. The fourth-order valence-corrected chi connectivity index (χ4v) is 3.94. The van der Waals surface area contributed by atoms with Gasteiger partial charge in [-0.2, -0.15) is 0 Å². The van der Waals surface area contributed by atoms with E-state index < -0.39 is 0 Å². The molecule has 96 valence electrons. The van der Waals surface area contributed by atoms with Gasteiger partial charge in [0.1, 0.15) is 5.82 Å². The summed E-state index contributed by atoms with van der Waals surface area (Å²) in [7, 11) is 0. The summed E-state index contributed by atoms with van der Waals surface area (Å²) in [6, 6.07) is 14.6. The van der Waals surface area contributed by atoms with Crippen molar-refractivity contribution in [2.75, 3.05) is 0 Å². The van der Waals surface area contributed by atoms with E-state index in [0.717, 1.165) is 19.6 Å². The van der Waals surface area contributed by atoms with Gasteiger partial charge in [-0.3, -0.25) is 0 Å². The molecule has 0 amide bonds. The Morgan fingerprint density at radius 3 is 2.42 bits per heavy atom. The third-order valence-electron chi connectivity index (χ3n) is 3.02. The predicted octanol–water partition coefficient (Wildman–Crippen LogP) is 6.13. The zero-order valence-electron chi connectivity index (χ0n) is 9.74. The molecule has 0 N–H and O–H groups in total. The van der Waals surface area contributed by atoms with Gasteiger partial charge in [0.25, 0.3) is 0 Å². The van der Waals surface area contributed by atoms with E-state index >= 15 is 0 Å². The third kappa shape index (κ3) is 2.42. The molecule has 1 unspecified atom stereocenters. The Kier molecular flexibility index (Phi) is 3.61. The Hall–Kier alpha value is -0.900. The second kappa shape index (κ2) is 5.23. The highest BCUT2D eigenvalue weighted by Gasteiger charge is 2.16. The molecule has 0 nitrogen and oxygen atoms in total. The maximum atomic E-state index is 13.8. The van der Waals surface area contributed by atoms with Gasteiger partial charge in [-0.1, -0.05) is 30.3 Å². The van der Waals surface area contributed by atoms with Crippen LogP contribution < -0.4 is 0 Å². The van der Waals surface area contributed by atoms with Crippen molar-refractivity contribution in [2.45, 2.75) is 5.38 Å². The van der Waals surface area contributed by atoms with Crippen molar-refractivity contribution in [1.82, 2.24) is 0 Å². The molecule has 0 spiro atoms. The molecular weight excluding hydrogens is 347 g/mol. The molecule has 3 rings (SSSR count). The number of alkyl halides is 1. The number of hydrogen-bond acceptors (Lipinski definition) is 1. The van der Waals surface area contributed by atoms with E-state index in [2.05, 4.69) is 15.9 Å². The van der Waals surface area contributed by atoms with Crippen LogP contribution in [0.5, 0.6) is 0 Å². The maximum Gasteiger partial charge on any atom is 0.131 e. The maximum absolute atomic E-state index is 13.8. The Balaban J connectivity index is 2.18. The summed E-state index contributed by atoms with van der Waals surface area (Å²) in [4.78, 5) is 1.05. The van der Waals surface area contributed by atoms with Crippen LogP contribution in [-0.4, -0.2) is 0 Å². The van der Waals surface area contributed by atoms with Gasteiger partial charge in [0.05, 0.1) is 9.16 Å². The van der Waals surface area contributed by atoms with Crippen LogP contribution in [-0.2, 0) is 0 Å². The zero-order valence-corrected chi connectivity index (χ0v) is 12.9. The molecule has 0 aliphatic rings. The van der Waals surface area contributed by atoms with E-state index in [1.165, 1.54) is 6.07 Å². The Bertz CT molecular complexity index is 738. The van der Waals surface area contributed by atoms with Crippen LogP contribution in [0, 0.1) is 5.82 Å². The topological polar surface area (TPSA) is 0 Å². The summed E-state index contributed by atoms with van der Waals surface area (Å²) in [5.41, 5.74) is 0.938. The smallest absolute Gasteiger partial charge is 0.131 e. The highest BCUT2D eigenvalue weighted by Crippen LogP contribution is 2.38.